The summed E-state index contributed by atoms with van der Waals surface area (Å²) in [6.45, 7) is 2.85. The van der Waals surface area contributed by atoms with E-state index in [2.05, 4.69) is 10.1 Å². The van der Waals surface area contributed by atoms with Crippen molar-refractivity contribution < 1.29 is 17.7 Å². The number of hydrogen-bond acceptors (Lipinski definition) is 6. The van der Waals surface area contributed by atoms with Crippen molar-refractivity contribution >= 4 is 15.9 Å². The highest BCUT2D eigenvalue weighted by atomic mass is 32.2. The Hall–Kier alpha value is -3.04. The van der Waals surface area contributed by atoms with Crippen molar-refractivity contribution in [3.05, 3.63) is 66.1 Å². The fraction of sp³-hybridized carbons (Fsp3) is 0.348. The van der Waals surface area contributed by atoms with Gasteiger partial charge in [-0.1, -0.05) is 53.2 Å². The monoisotopic (exact) mass is 454 g/mol. The Labute approximate surface area is 187 Å². The molecule has 168 valence electrons. The smallest absolute Gasteiger partial charge is 0.246 e. The van der Waals surface area contributed by atoms with Gasteiger partial charge in [0.2, 0.25) is 27.6 Å². The largest absolute Gasteiger partial charge is 0.337 e. The highest BCUT2D eigenvalue weighted by Crippen LogP contribution is 2.25. The van der Waals surface area contributed by atoms with Crippen molar-refractivity contribution in [2.24, 2.45) is 5.92 Å². The van der Waals surface area contributed by atoms with Gasteiger partial charge in [-0.05, 0) is 31.9 Å². The third-order valence-electron chi connectivity index (χ3n) is 5.71. The second kappa shape index (κ2) is 9.22. The summed E-state index contributed by atoms with van der Waals surface area (Å²) in [6.07, 6.45) is 0.960. The SMILES string of the molecule is Cc1ccc(-c2noc(CN(C)C(=O)C3CCN(S(=O)(=O)c4ccccc4)CC3)n2)cc1. The number of aromatic nitrogens is 2. The van der Waals surface area contributed by atoms with E-state index in [4.69, 9.17) is 4.52 Å². The van der Waals surface area contributed by atoms with Crippen molar-refractivity contribution in [3.8, 4) is 11.4 Å². The van der Waals surface area contributed by atoms with E-state index in [1.165, 1.54) is 4.31 Å². The van der Waals surface area contributed by atoms with Crippen LogP contribution in [0.1, 0.15) is 24.3 Å². The summed E-state index contributed by atoms with van der Waals surface area (Å²) < 4.78 is 32.3. The molecule has 32 heavy (non-hydrogen) atoms. The molecule has 0 unspecified atom stereocenters. The van der Waals surface area contributed by atoms with Crippen LogP contribution in [0.25, 0.3) is 11.4 Å². The van der Waals surface area contributed by atoms with Crippen LogP contribution in [0.2, 0.25) is 0 Å². The van der Waals surface area contributed by atoms with Gasteiger partial charge in [-0.15, -0.1) is 0 Å². The molecule has 1 saturated heterocycles. The van der Waals surface area contributed by atoms with E-state index in [0.29, 0.717) is 37.6 Å². The predicted molar refractivity (Wildman–Crippen MR) is 119 cm³/mol. The van der Waals surface area contributed by atoms with Gasteiger partial charge in [-0.25, -0.2) is 8.42 Å². The molecule has 8 nitrogen and oxygen atoms in total. The normalized spacial score (nSPS) is 15.6. The van der Waals surface area contributed by atoms with E-state index >= 15 is 0 Å². The average molecular weight is 455 g/mol. The summed E-state index contributed by atoms with van der Waals surface area (Å²) in [5.41, 5.74) is 2.00. The number of piperidine rings is 1. The molecule has 1 aromatic heterocycles. The molecule has 0 aliphatic carbocycles. The van der Waals surface area contributed by atoms with E-state index in [1.54, 1.807) is 42.3 Å². The molecule has 0 radical (unpaired) electrons. The van der Waals surface area contributed by atoms with Crippen LogP contribution in [0.5, 0.6) is 0 Å². The van der Waals surface area contributed by atoms with E-state index in [0.717, 1.165) is 11.1 Å². The fourth-order valence-electron chi connectivity index (χ4n) is 3.82. The predicted octanol–water partition coefficient (Wildman–Crippen LogP) is 3.10. The Morgan fingerprint density at radius 3 is 2.41 bits per heavy atom. The first kappa shape index (κ1) is 22.2. The molecule has 1 aliphatic heterocycles. The van der Waals surface area contributed by atoms with Crippen LogP contribution in [-0.2, 0) is 21.4 Å². The van der Waals surface area contributed by atoms with Crippen LogP contribution in [-0.4, -0.2) is 53.8 Å². The highest BCUT2D eigenvalue weighted by Gasteiger charge is 2.33. The van der Waals surface area contributed by atoms with Crippen LogP contribution in [0.3, 0.4) is 0 Å². The Balaban J connectivity index is 1.34. The van der Waals surface area contributed by atoms with Crippen LogP contribution < -0.4 is 0 Å². The van der Waals surface area contributed by atoms with Gasteiger partial charge in [0.15, 0.2) is 0 Å². The number of amides is 1. The van der Waals surface area contributed by atoms with Gasteiger partial charge >= 0.3 is 0 Å². The van der Waals surface area contributed by atoms with E-state index in [1.807, 2.05) is 31.2 Å². The number of sulfonamides is 1. The van der Waals surface area contributed by atoms with Gasteiger partial charge in [0.1, 0.15) is 0 Å². The third kappa shape index (κ3) is 4.73. The fourth-order valence-corrected chi connectivity index (χ4v) is 5.31. The molecule has 1 aliphatic rings. The number of hydrogen-bond donors (Lipinski definition) is 0. The average Bonchev–Trinajstić information content (AvgIpc) is 3.28. The molecule has 0 saturated carbocycles. The van der Waals surface area contributed by atoms with Crippen molar-refractivity contribution in [2.45, 2.75) is 31.2 Å². The Morgan fingerprint density at radius 2 is 1.75 bits per heavy atom. The standard InChI is InChI=1S/C23H26N4O4S/c1-17-8-10-18(11-9-17)22-24-21(31-25-22)16-26(2)23(28)19-12-14-27(15-13-19)32(29,30)20-6-4-3-5-7-20/h3-11,19H,12-16H2,1-2H3. The molecule has 2 heterocycles. The first-order valence-corrected chi connectivity index (χ1v) is 12.0. The summed E-state index contributed by atoms with van der Waals surface area (Å²) in [4.78, 5) is 19.2. The molecule has 0 bridgehead atoms. The molecule has 0 atom stereocenters. The van der Waals surface area contributed by atoms with Crippen LogP contribution in [0, 0.1) is 12.8 Å². The summed E-state index contributed by atoms with van der Waals surface area (Å²) in [7, 11) is -1.83. The highest BCUT2D eigenvalue weighted by molar-refractivity contribution is 7.89. The summed E-state index contributed by atoms with van der Waals surface area (Å²) >= 11 is 0. The molecule has 2 aromatic carbocycles. The minimum atomic E-state index is -3.53. The molecule has 0 N–H and O–H groups in total. The molecular formula is C23H26N4O4S. The van der Waals surface area contributed by atoms with Gasteiger partial charge < -0.3 is 9.42 Å². The lowest BCUT2D eigenvalue weighted by Gasteiger charge is -2.32. The lowest BCUT2D eigenvalue weighted by molar-refractivity contribution is -0.136. The molecule has 1 fully saturated rings. The van der Waals surface area contributed by atoms with Crippen LogP contribution in [0.15, 0.2) is 64.0 Å². The minimum Gasteiger partial charge on any atom is -0.337 e. The van der Waals surface area contributed by atoms with E-state index in [9.17, 15) is 13.2 Å². The summed E-state index contributed by atoms with van der Waals surface area (Å²) in [5.74, 6) is 0.569. The van der Waals surface area contributed by atoms with Crippen molar-refractivity contribution in [3.63, 3.8) is 0 Å². The topological polar surface area (TPSA) is 96.6 Å². The zero-order valence-corrected chi connectivity index (χ0v) is 19.0. The van der Waals surface area contributed by atoms with Gasteiger partial charge in [0, 0.05) is 31.6 Å². The summed E-state index contributed by atoms with van der Waals surface area (Å²) in [6, 6.07) is 16.2. The van der Waals surface area contributed by atoms with Gasteiger partial charge in [0.25, 0.3) is 0 Å². The Kier molecular flexibility index (Phi) is 6.38. The molecular weight excluding hydrogens is 428 g/mol. The lowest BCUT2D eigenvalue weighted by atomic mass is 9.97. The number of rotatable bonds is 6. The number of carbonyl (C=O) groups is 1. The van der Waals surface area contributed by atoms with E-state index < -0.39 is 10.0 Å². The van der Waals surface area contributed by atoms with Crippen molar-refractivity contribution in [1.29, 1.82) is 0 Å². The maximum Gasteiger partial charge on any atom is 0.246 e. The van der Waals surface area contributed by atoms with Gasteiger partial charge in [0.05, 0.1) is 11.4 Å². The second-order valence-corrected chi connectivity index (χ2v) is 10.0. The third-order valence-corrected chi connectivity index (χ3v) is 7.62. The van der Waals surface area contributed by atoms with Gasteiger partial charge in [-0.3, -0.25) is 4.79 Å². The van der Waals surface area contributed by atoms with Crippen molar-refractivity contribution in [2.75, 3.05) is 20.1 Å². The molecule has 0 spiro atoms. The van der Waals surface area contributed by atoms with Gasteiger partial charge in [-0.2, -0.15) is 9.29 Å². The first-order valence-electron chi connectivity index (χ1n) is 10.5. The van der Waals surface area contributed by atoms with Crippen LogP contribution >= 0.6 is 0 Å². The zero-order valence-electron chi connectivity index (χ0n) is 18.1. The van der Waals surface area contributed by atoms with Crippen molar-refractivity contribution in [1.82, 2.24) is 19.3 Å². The maximum atomic E-state index is 12.9. The number of nitrogens with zero attached hydrogens (tertiary/aromatic N) is 4. The maximum absolute atomic E-state index is 12.9. The molecule has 4 rings (SSSR count). The second-order valence-electron chi connectivity index (χ2n) is 8.06. The van der Waals surface area contributed by atoms with E-state index in [-0.39, 0.29) is 23.3 Å². The lowest BCUT2D eigenvalue weighted by Crippen LogP contribution is -2.43. The van der Waals surface area contributed by atoms with Crippen LogP contribution in [0.4, 0.5) is 0 Å². The first-order chi connectivity index (χ1) is 15.3. The quantitative estimate of drug-likeness (QED) is 0.568. The zero-order chi connectivity index (χ0) is 22.7. The molecule has 9 heteroatoms. The Bertz CT molecular complexity index is 1170. The number of aryl methyl sites for hydroxylation is 1. The minimum absolute atomic E-state index is 0.0446. The molecule has 3 aromatic rings. The Morgan fingerprint density at radius 1 is 1.09 bits per heavy atom. The number of benzene rings is 2. The summed E-state index contributed by atoms with van der Waals surface area (Å²) in [5, 5.41) is 4.01. The number of carbonyl (C=O) groups excluding carboxylic acids is 1. The molecule has 1 amide bonds.